The Labute approximate surface area is 90.1 Å². The van der Waals surface area contributed by atoms with E-state index >= 15 is 0 Å². The van der Waals surface area contributed by atoms with Crippen molar-refractivity contribution in [1.82, 2.24) is 9.97 Å². The fraction of sp³-hybridized carbons (Fsp3) is 0.300. The molecule has 0 aliphatic heterocycles. The number of imidazole rings is 1. The number of fused-ring (bicyclic) bond motifs is 1. The first-order chi connectivity index (χ1) is 7.61. The average molecular weight is 227 g/mol. The number of hydrogen-bond acceptors (Lipinski definition) is 3. The highest BCUT2D eigenvalue weighted by molar-refractivity contribution is 5.75. The Kier molecular flexibility index (Phi) is 2.84. The second-order valence-corrected chi connectivity index (χ2v) is 3.52. The van der Waals surface area contributed by atoms with Gasteiger partial charge in [0.05, 0.1) is 17.1 Å². The molecule has 0 aliphatic carbocycles. The van der Waals surface area contributed by atoms with Crippen molar-refractivity contribution >= 4 is 11.0 Å². The molecule has 0 saturated heterocycles. The van der Waals surface area contributed by atoms with Crippen molar-refractivity contribution in [2.75, 3.05) is 6.61 Å². The molecular weight excluding hydrogens is 216 g/mol. The van der Waals surface area contributed by atoms with Gasteiger partial charge >= 0.3 is 0 Å². The Morgan fingerprint density at radius 1 is 1.38 bits per heavy atom. The van der Waals surface area contributed by atoms with Crippen LogP contribution in [0, 0.1) is 11.6 Å². The summed E-state index contributed by atoms with van der Waals surface area (Å²) in [7, 11) is 0. The van der Waals surface area contributed by atoms with E-state index in [0.29, 0.717) is 23.3 Å². The van der Waals surface area contributed by atoms with Crippen LogP contribution in [0.15, 0.2) is 12.1 Å². The molecule has 0 spiro atoms. The summed E-state index contributed by atoms with van der Waals surface area (Å²) in [6, 6.07) is 1.58. The molecule has 1 aromatic heterocycles. The van der Waals surface area contributed by atoms with E-state index in [4.69, 9.17) is 10.8 Å². The third-order valence-electron chi connectivity index (χ3n) is 2.33. The summed E-state index contributed by atoms with van der Waals surface area (Å²) in [4.78, 5) is 6.83. The maximum atomic E-state index is 12.9. The molecule has 0 aliphatic rings. The molecule has 16 heavy (non-hydrogen) atoms. The van der Waals surface area contributed by atoms with E-state index in [1.807, 2.05) is 0 Å². The van der Waals surface area contributed by atoms with Crippen molar-refractivity contribution in [3.63, 3.8) is 0 Å². The van der Waals surface area contributed by atoms with Crippen molar-refractivity contribution in [1.29, 1.82) is 0 Å². The average Bonchev–Trinajstić information content (AvgIpc) is 2.62. The number of aromatic amines is 1. The van der Waals surface area contributed by atoms with Crippen molar-refractivity contribution in [2.45, 2.75) is 12.5 Å². The van der Waals surface area contributed by atoms with Crippen LogP contribution in [0.5, 0.6) is 0 Å². The lowest BCUT2D eigenvalue weighted by Gasteiger charge is -2.04. The fourth-order valence-electron chi connectivity index (χ4n) is 1.48. The van der Waals surface area contributed by atoms with E-state index in [1.54, 1.807) is 0 Å². The second-order valence-electron chi connectivity index (χ2n) is 3.52. The number of hydrogen-bond donors (Lipinski definition) is 3. The molecule has 0 amide bonds. The smallest absolute Gasteiger partial charge is 0.161 e. The summed E-state index contributed by atoms with van der Waals surface area (Å²) in [5.74, 6) is -1.46. The van der Waals surface area contributed by atoms with Crippen LogP contribution >= 0.6 is 0 Å². The molecule has 0 bridgehead atoms. The molecule has 0 saturated carbocycles. The maximum absolute atomic E-state index is 12.9. The lowest BCUT2D eigenvalue weighted by Crippen LogP contribution is -2.13. The van der Waals surface area contributed by atoms with Gasteiger partial charge < -0.3 is 15.8 Å². The lowest BCUT2D eigenvalue weighted by atomic mass is 10.2. The topological polar surface area (TPSA) is 74.9 Å². The number of nitrogens with zero attached hydrogens (tertiary/aromatic N) is 1. The first-order valence-electron chi connectivity index (χ1n) is 4.83. The summed E-state index contributed by atoms with van der Waals surface area (Å²) in [6.45, 7) is -0.0685. The van der Waals surface area contributed by atoms with Gasteiger partial charge in [0.1, 0.15) is 5.82 Å². The molecule has 0 fully saturated rings. The van der Waals surface area contributed by atoms with Gasteiger partial charge in [0.2, 0.25) is 0 Å². The van der Waals surface area contributed by atoms with Crippen molar-refractivity contribution in [3.05, 3.63) is 29.6 Å². The number of H-pyrrole nitrogens is 1. The summed E-state index contributed by atoms with van der Waals surface area (Å²) in [5.41, 5.74) is 6.42. The van der Waals surface area contributed by atoms with E-state index in [0.717, 1.165) is 12.1 Å². The van der Waals surface area contributed by atoms with Crippen molar-refractivity contribution in [3.8, 4) is 0 Å². The Bertz CT molecular complexity index is 473. The largest absolute Gasteiger partial charge is 0.396 e. The van der Waals surface area contributed by atoms with Crippen LogP contribution in [-0.2, 0) is 0 Å². The van der Waals surface area contributed by atoms with E-state index in [-0.39, 0.29) is 6.61 Å². The van der Waals surface area contributed by atoms with Gasteiger partial charge in [0.25, 0.3) is 0 Å². The van der Waals surface area contributed by atoms with Crippen LogP contribution in [0.1, 0.15) is 18.3 Å². The third kappa shape index (κ3) is 1.89. The molecule has 1 atom stereocenters. The zero-order valence-corrected chi connectivity index (χ0v) is 8.37. The minimum Gasteiger partial charge on any atom is -0.396 e. The number of benzene rings is 1. The van der Waals surface area contributed by atoms with Gasteiger partial charge in [-0.3, -0.25) is 0 Å². The van der Waals surface area contributed by atoms with Gasteiger partial charge in [-0.15, -0.1) is 0 Å². The molecule has 0 radical (unpaired) electrons. The van der Waals surface area contributed by atoms with Gasteiger partial charge in [-0.25, -0.2) is 13.8 Å². The zero-order valence-electron chi connectivity index (χ0n) is 8.37. The molecule has 2 aromatic rings. The predicted octanol–water partition coefficient (Wildman–Crippen LogP) is 1.22. The van der Waals surface area contributed by atoms with Gasteiger partial charge in [0.15, 0.2) is 11.6 Å². The second kappa shape index (κ2) is 4.15. The summed E-state index contributed by atoms with van der Waals surface area (Å²) in [6.07, 6.45) is 0.338. The first kappa shape index (κ1) is 11.0. The maximum Gasteiger partial charge on any atom is 0.161 e. The Hall–Kier alpha value is -1.53. The van der Waals surface area contributed by atoms with E-state index in [1.165, 1.54) is 0 Å². The molecular formula is C10H11F2N3O. The molecule has 2 rings (SSSR count). The molecule has 4 N–H and O–H groups in total. The van der Waals surface area contributed by atoms with Crippen LogP contribution in [0.25, 0.3) is 11.0 Å². The number of rotatable bonds is 3. The molecule has 1 unspecified atom stereocenters. The summed E-state index contributed by atoms with van der Waals surface area (Å²) in [5, 5.41) is 8.72. The number of nitrogens with two attached hydrogens (primary N) is 1. The Morgan fingerprint density at radius 2 is 2.06 bits per heavy atom. The van der Waals surface area contributed by atoms with E-state index in [2.05, 4.69) is 9.97 Å². The molecule has 6 heteroatoms. The van der Waals surface area contributed by atoms with E-state index < -0.39 is 17.7 Å². The number of aromatic nitrogens is 2. The highest BCUT2D eigenvalue weighted by Gasteiger charge is 2.13. The molecule has 86 valence electrons. The molecule has 1 aromatic carbocycles. The zero-order chi connectivity index (χ0) is 11.7. The number of halogens is 2. The predicted molar refractivity (Wildman–Crippen MR) is 54.6 cm³/mol. The highest BCUT2D eigenvalue weighted by atomic mass is 19.2. The van der Waals surface area contributed by atoms with E-state index in [9.17, 15) is 8.78 Å². The fourth-order valence-corrected chi connectivity index (χ4v) is 1.48. The molecule has 4 nitrogen and oxygen atoms in total. The monoisotopic (exact) mass is 227 g/mol. The normalized spacial score (nSPS) is 13.2. The standard InChI is InChI=1S/C10H11F2N3O/c11-5-3-8-9(4-6(5)12)15-10(14-8)7(13)1-2-16/h3-4,7,16H,1-2,13H2,(H,14,15). The Morgan fingerprint density at radius 3 is 2.75 bits per heavy atom. The first-order valence-corrected chi connectivity index (χ1v) is 4.83. The van der Waals surface area contributed by atoms with Crippen LogP contribution in [0.2, 0.25) is 0 Å². The van der Waals surface area contributed by atoms with Crippen LogP contribution in [0.4, 0.5) is 8.78 Å². The van der Waals surface area contributed by atoms with Gasteiger partial charge in [-0.1, -0.05) is 0 Å². The SMILES string of the molecule is NC(CCO)c1nc2cc(F)c(F)cc2[nH]1. The van der Waals surface area contributed by atoms with Crippen LogP contribution in [-0.4, -0.2) is 21.7 Å². The van der Waals surface area contributed by atoms with Gasteiger partial charge in [0, 0.05) is 18.7 Å². The van der Waals surface area contributed by atoms with Crippen molar-refractivity contribution in [2.24, 2.45) is 5.73 Å². The summed E-state index contributed by atoms with van der Waals surface area (Å²) >= 11 is 0. The minimum atomic E-state index is -0.943. The van der Waals surface area contributed by atoms with Crippen LogP contribution < -0.4 is 5.73 Å². The van der Waals surface area contributed by atoms with Crippen molar-refractivity contribution < 1.29 is 13.9 Å². The van der Waals surface area contributed by atoms with Crippen LogP contribution in [0.3, 0.4) is 0 Å². The summed E-state index contributed by atoms with van der Waals surface area (Å²) < 4.78 is 25.8. The van der Waals surface area contributed by atoms with Gasteiger partial charge in [-0.05, 0) is 6.42 Å². The third-order valence-corrected chi connectivity index (χ3v) is 2.33. The Balaban J connectivity index is 2.43. The lowest BCUT2D eigenvalue weighted by molar-refractivity contribution is 0.275. The minimum absolute atomic E-state index is 0.0685. The number of aliphatic hydroxyl groups excluding tert-OH is 1. The number of nitrogens with one attached hydrogen (secondary N) is 1. The number of aliphatic hydroxyl groups is 1. The molecule has 1 heterocycles. The van der Waals surface area contributed by atoms with Gasteiger partial charge in [-0.2, -0.15) is 0 Å². The quantitative estimate of drug-likeness (QED) is 0.738. The highest BCUT2D eigenvalue weighted by Crippen LogP contribution is 2.19.